The van der Waals surface area contributed by atoms with E-state index in [1.807, 2.05) is 24.3 Å². The van der Waals surface area contributed by atoms with Crippen LogP contribution in [0, 0.1) is 0 Å². The highest BCUT2D eigenvalue weighted by molar-refractivity contribution is 8.00. The molecular weight excluding hydrogens is 324 g/mol. The van der Waals surface area contributed by atoms with Crippen LogP contribution >= 0.6 is 24.2 Å². The van der Waals surface area contributed by atoms with E-state index in [4.69, 9.17) is 16.0 Å². The summed E-state index contributed by atoms with van der Waals surface area (Å²) in [6.07, 6.45) is 2.85. The summed E-state index contributed by atoms with van der Waals surface area (Å²) in [7, 11) is 0. The monoisotopic (exact) mass is 340 g/mol. The fraction of sp³-hybridized carbons (Fsp3) is 0.357. The molecule has 1 aliphatic rings. The molecule has 0 spiro atoms. The zero-order chi connectivity index (χ0) is 14.9. The van der Waals surface area contributed by atoms with Gasteiger partial charge in [0.05, 0.1) is 16.9 Å². The predicted molar refractivity (Wildman–Crippen MR) is 86.6 cm³/mol. The van der Waals surface area contributed by atoms with Crippen molar-refractivity contribution < 1.29 is 9.32 Å². The predicted octanol–water partition coefficient (Wildman–Crippen LogP) is 2.07. The van der Waals surface area contributed by atoms with Crippen LogP contribution in [-0.4, -0.2) is 21.8 Å². The van der Waals surface area contributed by atoms with E-state index in [1.165, 1.54) is 11.8 Å². The van der Waals surface area contributed by atoms with Crippen molar-refractivity contribution in [3.8, 4) is 11.5 Å². The molecule has 0 unspecified atom stereocenters. The van der Waals surface area contributed by atoms with Crippen LogP contribution in [0.3, 0.4) is 0 Å². The molecule has 6 nitrogen and oxygen atoms in total. The molecule has 22 heavy (non-hydrogen) atoms. The molecule has 2 aromatic rings. The number of rotatable bonds is 5. The number of hydrogen-bond donors (Lipinski definition) is 2. The number of primary amides is 1. The van der Waals surface area contributed by atoms with E-state index < -0.39 is 5.54 Å². The molecule has 4 N–H and O–H groups in total. The molecule has 1 aliphatic carbocycles. The summed E-state index contributed by atoms with van der Waals surface area (Å²) >= 11 is 1.35. The van der Waals surface area contributed by atoms with Gasteiger partial charge in [-0.25, -0.2) is 0 Å². The first kappa shape index (κ1) is 16.8. The van der Waals surface area contributed by atoms with E-state index in [1.54, 1.807) is 0 Å². The number of nitrogens with zero attached hydrogens (tertiary/aromatic N) is 2. The highest BCUT2D eigenvalue weighted by Crippen LogP contribution is 2.38. The molecular formula is C14H17ClN4O2S. The lowest BCUT2D eigenvalue weighted by Gasteiger charge is -2.34. The first-order valence-electron chi connectivity index (χ1n) is 6.72. The number of carbonyl (C=O) groups is 1. The van der Waals surface area contributed by atoms with Crippen molar-refractivity contribution in [3.63, 3.8) is 0 Å². The van der Waals surface area contributed by atoms with Crippen LogP contribution in [0.15, 0.2) is 33.7 Å². The lowest BCUT2D eigenvalue weighted by atomic mass is 9.77. The van der Waals surface area contributed by atoms with Gasteiger partial charge in [-0.3, -0.25) is 4.79 Å². The van der Waals surface area contributed by atoms with Crippen molar-refractivity contribution >= 4 is 30.1 Å². The minimum atomic E-state index is -0.447. The normalized spacial score (nSPS) is 15.7. The zero-order valence-electron chi connectivity index (χ0n) is 11.8. The maximum atomic E-state index is 10.9. The number of thioether (sulfide) groups is 1. The highest BCUT2D eigenvalue weighted by atomic mass is 35.5. The lowest BCUT2D eigenvalue weighted by molar-refractivity contribution is -0.115. The Bertz CT molecular complexity index is 672. The Kier molecular flexibility index (Phi) is 5.10. The van der Waals surface area contributed by atoms with Crippen LogP contribution in [-0.2, 0) is 10.3 Å². The summed E-state index contributed by atoms with van der Waals surface area (Å²) in [4.78, 5) is 16.2. The third kappa shape index (κ3) is 3.26. The molecule has 1 aromatic carbocycles. The van der Waals surface area contributed by atoms with Gasteiger partial charge in [-0.05, 0) is 31.4 Å². The molecule has 8 heteroatoms. The van der Waals surface area contributed by atoms with Crippen LogP contribution in [0.1, 0.15) is 25.1 Å². The Morgan fingerprint density at radius 1 is 1.36 bits per heavy atom. The van der Waals surface area contributed by atoms with Gasteiger partial charge in [0.15, 0.2) is 5.82 Å². The van der Waals surface area contributed by atoms with Crippen molar-refractivity contribution in [1.82, 2.24) is 10.1 Å². The topological polar surface area (TPSA) is 108 Å². The van der Waals surface area contributed by atoms with Gasteiger partial charge in [-0.2, -0.15) is 4.98 Å². The highest BCUT2D eigenvalue weighted by Gasteiger charge is 2.39. The quantitative estimate of drug-likeness (QED) is 0.807. The van der Waals surface area contributed by atoms with E-state index in [2.05, 4.69) is 10.1 Å². The lowest BCUT2D eigenvalue weighted by Crippen LogP contribution is -2.44. The minimum Gasteiger partial charge on any atom is -0.369 e. The van der Waals surface area contributed by atoms with E-state index in [-0.39, 0.29) is 24.1 Å². The first-order chi connectivity index (χ1) is 10.1. The summed E-state index contributed by atoms with van der Waals surface area (Å²) in [5.41, 5.74) is 11.7. The van der Waals surface area contributed by atoms with Gasteiger partial charge < -0.3 is 16.0 Å². The molecule has 1 amide bonds. The Balaban J connectivity index is 0.00000176. The standard InChI is InChI=1S/C14H16N4O2S.ClH/c15-11(19)8-21-10-5-2-1-4-9(10)12-17-13(18-20-12)14(16)6-3-7-14;/h1-2,4-5H,3,6-8,16H2,(H2,15,19);1H. The number of halogens is 1. The van der Waals surface area contributed by atoms with Crippen LogP contribution in [0.5, 0.6) is 0 Å². The van der Waals surface area contributed by atoms with Crippen molar-refractivity contribution in [3.05, 3.63) is 30.1 Å². The van der Waals surface area contributed by atoms with Crippen molar-refractivity contribution in [2.75, 3.05) is 5.75 Å². The largest absolute Gasteiger partial charge is 0.369 e. The molecule has 0 bridgehead atoms. The molecule has 1 aromatic heterocycles. The van der Waals surface area contributed by atoms with E-state index in [9.17, 15) is 4.79 Å². The van der Waals surface area contributed by atoms with E-state index in [0.29, 0.717) is 11.7 Å². The molecule has 0 radical (unpaired) electrons. The van der Waals surface area contributed by atoms with Gasteiger partial charge in [0.25, 0.3) is 5.89 Å². The SMILES string of the molecule is Cl.NC(=O)CSc1ccccc1-c1nc(C2(N)CCC2)no1. The average Bonchev–Trinajstić information content (AvgIpc) is 2.92. The summed E-state index contributed by atoms with van der Waals surface area (Å²) < 4.78 is 5.35. The van der Waals surface area contributed by atoms with Gasteiger partial charge in [0, 0.05) is 4.90 Å². The Morgan fingerprint density at radius 3 is 2.73 bits per heavy atom. The summed E-state index contributed by atoms with van der Waals surface area (Å²) in [6, 6.07) is 7.55. The molecule has 1 heterocycles. The maximum absolute atomic E-state index is 10.9. The summed E-state index contributed by atoms with van der Waals surface area (Å²) in [5, 5.41) is 4.01. The second-order valence-corrected chi connectivity index (χ2v) is 6.20. The zero-order valence-corrected chi connectivity index (χ0v) is 13.5. The van der Waals surface area contributed by atoms with Crippen molar-refractivity contribution in [1.29, 1.82) is 0 Å². The number of carbonyl (C=O) groups excluding carboxylic acids is 1. The van der Waals surface area contributed by atoms with Crippen LogP contribution in [0.4, 0.5) is 0 Å². The van der Waals surface area contributed by atoms with Crippen molar-refractivity contribution in [2.45, 2.75) is 29.7 Å². The van der Waals surface area contributed by atoms with Crippen LogP contribution in [0.25, 0.3) is 11.5 Å². The van der Waals surface area contributed by atoms with E-state index in [0.717, 1.165) is 29.7 Å². The second-order valence-electron chi connectivity index (χ2n) is 5.18. The van der Waals surface area contributed by atoms with Gasteiger partial charge in [0.2, 0.25) is 5.91 Å². The first-order valence-corrected chi connectivity index (χ1v) is 7.71. The van der Waals surface area contributed by atoms with Gasteiger partial charge in [0.1, 0.15) is 0 Å². The van der Waals surface area contributed by atoms with Gasteiger partial charge in [-0.15, -0.1) is 24.2 Å². The van der Waals surface area contributed by atoms with Crippen LogP contribution < -0.4 is 11.5 Å². The maximum Gasteiger partial charge on any atom is 0.259 e. The molecule has 0 atom stereocenters. The Hall–Kier alpha value is -1.57. The number of benzene rings is 1. The molecule has 3 rings (SSSR count). The molecule has 0 saturated heterocycles. The molecule has 118 valence electrons. The Morgan fingerprint density at radius 2 is 2.09 bits per heavy atom. The van der Waals surface area contributed by atoms with E-state index >= 15 is 0 Å². The molecule has 1 saturated carbocycles. The minimum absolute atomic E-state index is 0. The summed E-state index contributed by atoms with van der Waals surface area (Å²) in [6.45, 7) is 0. The number of hydrogen-bond acceptors (Lipinski definition) is 6. The third-order valence-electron chi connectivity index (χ3n) is 3.60. The van der Waals surface area contributed by atoms with Crippen molar-refractivity contribution in [2.24, 2.45) is 11.5 Å². The molecule has 0 aliphatic heterocycles. The number of nitrogens with two attached hydrogens (primary N) is 2. The van der Waals surface area contributed by atoms with Gasteiger partial charge >= 0.3 is 0 Å². The van der Waals surface area contributed by atoms with Gasteiger partial charge in [-0.1, -0.05) is 17.3 Å². The third-order valence-corrected chi connectivity index (χ3v) is 4.70. The Labute approximate surface area is 138 Å². The molecule has 1 fully saturated rings. The number of aromatic nitrogens is 2. The average molecular weight is 341 g/mol. The summed E-state index contributed by atoms with van der Waals surface area (Å²) in [5.74, 6) is 0.822. The smallest absolute Gasteiger partial charge is 0.259 e. The van der Waals surface area contributed by atoms with Crippen LogP contribution in [0.2, 0.25) is 0 Å². The second kappa shape index (κ2) is 6.68. The number of amides is 1. The fourth-order valence-electron chi connectivity index (χ4n) is 2.23. The fourth-order valence-corrected chi connectivity index (χ4v) is 3.02.